The molecule has 21 heavy (non-hydrogen) atoms. The lowest BCUT2D eigenvalue weighted by molar-refractivity contribution is -0.222. The molecule has 2 rings (SSSR count). The number of halogens is 2. The fourth-order valence-corrected chi connectivity index (χ4v) is 2.15. The third kappa shape index (κ3) is 3.41. The Bertz CT molecular complexity index is 632. The molecule has 0 amide bonds. The standard InChI is InChI=1S/C14H13BrFNO4/c1-7(17-10-5-4-8(15)6-9(10)16)11-12(18)20-14(2,3)21-13(11)19/h4-6,17H,1-3H3. The van der Waals surface area contributed by atoms with E-state index < -0.39 is 23.5 Å². The predicted molar refractivity (Wildman–Crippen MR) is 76.7 cm³/mol. The van der Waals surface area contributed by atoms with Crippen LogP contribution in [0.25, 0.3) is 0 Å². The molecule has 0 atom stereocenters. The normalized spacial score (nSPS) is 17.1. The van der Waals surface area contributed by atoms with E-state index in [9.17, 15) is 14.0 Å². The molecular weight excluding hydrogens is 345 g/mol. The Balaban J connectivity index is 2.31. The summed E-state index contributed by atoms with van der Waals surface area (Å²) >= 11 is 3.14. The van der Waals surface area contributed by atoms with Crippen LogP contribution >= 0.6 is 15.9 Å². The molecular formula is C14H13BrFNO4. The molecule has 1 N–H and O–H groups in total. The molecule has 1 aromatic carbocycles. The summed E-state index contributed by atoms with van der Waals surface area (Å²) in [4.78, 5) is 23.7. The predicted octanol–water partition coefficient (Wildman–Crippen LogP) is 3.11. The van der Waals surface area contributed by atoms with Crippen molar-refractivity contribution in [2.45, 2.75) is 26.6 Å². The van der Waals surface area contributed by atoms with Gasteiger partial charge in [0.25, 0.3) is 5.79 Å². The summed E-state index contributed by atoms with van der Waals surface area (Å²) in [5.41, 5.74) is 0.00648. The van der Waals surface area contributed by atoms with E-state index in [1.165, 1.54) is 32.9 Å². The van der Waals surface area contributed by atoms with E-state index in [0.717, 1.165) is 0 Å². The summed E-state index contributed by atoms with van der Waals surface area (Å²) in [6.45, 7) is 4.38. The third-order valence-electron chi connectivity index (χ3n) is 2.71. The molecule has 5 nitrogen and oxygen atoms in total. The molecule has 0 aromatic heterocycles. The zero-order chi connectivity index (χ0) is 15.8. The molecule has 1 heterocycles. The maximum absolute atomic E-state index is 13.7. The second kappa shape index (κ2) is 5.48. The molecule has 112 valence electrons. The number of carbonyl (C=O) groups is 2. The van der Waals surface area contributed by atoms with Gasteiger partial charge in [0.2, 0.25) is 0 Å². The second-order valence-electron chi connectivity index (χ2n) is 4.93. The van der Waals surface area contributed by atoms with Crippen LogP contribution in [0.1, 0.15) is 20.8 Å². The minimum atomic E-state index is -1.30. The van der Waals surface area contributed by atoms with E-state index in [4.69, 9.17) is 9.47 Å². The number of rotatable bonds is 2. The lowest BCUT2D eigenvalue weighted by Gasteiger charge is -2.30. The van der Waals surface area contributed by atoms with Crippen LogP contribution in [0.3, 0.4) is 0 Å². The Morgan fingerprint density at radius 2 is 1.81 bits per heavy atom. The van der Waals surface area contributed by atoms with Crippen molar-refractivity contribution >= 4 is 33.6 Å². The van der Waals surface area contributed by atoms with Crippen LogP contribution in [0.15, 0.2) is 33.9 Å². The number of cyclic esters (lactones) is 2. The molecule has 1 fully saturated rings. The summed E-state index contributed by atoms with van der Waals surface area (Å²) in [6, 6.07) is 4.37. The van der Waals surface area contributed by atoms with Gasteiger partial charge in [0.15, 0.2) is 5.57 Å². The molecule has 0 spiro atoms. The highest BCUT2D eigenvalue weighted by Gasteiger charge is 2.40. The van der Waals surface area contributed by atoms with Crippen LogP contribution in [0.5, 0.6) is 0 Å². The summed E-state index contributed by atoms with van der Waals surface area (Å²) < 4.78 is 24.3. The molecule has 1 saturated heterocycles. The van der Waals surface area contributed by atoms with Crippen LogP contribution < -0.4 is 5.32 Å². The number of anilines is 1. The molecule has 0 saturated carbocycles. The van der Waals surface area contributed by atoms with Crippen molar-refractivity contribution in [2.75, 3.05) is 5.32 Å². The largest absolute Gasteiger partial charge is 0.419 e. The van der Waals surface area contributed by atoms with Crippen LogP contribution in [0, 0.1) is 5.82 Å². The SMILES string of the molecule is CC(Nc1ccc(Br)cc1F)=C1C(=O)OC(C)(C)OC1=O. The Hall–Kier alpha value is -1.89. The molecule has 1 aliphatic heterocycles. The van der Waals surface area contributed by atoms with Crippen molar-refractivity contribution in [3.05, 3.63) is 39.8 Å². The number of allylic oxidation sites excluding steroid dienone is 1. The zero-order valence-electron chi connectivity index (χ0n) is 11.6. The van der Waals surface area contributed by atoms with E-state index in [1.807, 2.05) is 0 Å². The summed E-state index contributed by atoms with van der Waals surface area (Å²) in [5.74, 6) is -3.44. The maximum Gasteiger partial charge on any atom is 0.350 e. The van der Waals surface area contributed by atoms with Gasteiger partial charge in [-0.1, -0.05) is 15.9 Å². The topological polar surface area (TPSA) is 64.6 Å². The first kappa shape index (κ1) is 15.5. The smallest absolute Gasteiger partial charge is 0.350 e. The van der Waals surface area contributed by atoms with E-state index in [2.05, 4.69) is 21.2 Å². The number of carbonyl (C=O) groups excluding carboxylic acids is 2. The molecule has 0 radical (unpaired) electrons. The van der Waals surface area contributed by atoms with E-state index in [1.54, 1.807) is 6.07 Å². The molecule has 0 aliphatic carbocycles. The molecule has 0 unspecified atom stereocenters. The van der Waals surface area contributed by atoms with Gasteiger partial charge in [0.1, 0.15) is 5.82 Å². The molecule has 7 heteroatoms. The van der Waals surface area contributed by atoms with Crippen molar-refractivity contribution in [1.82, 2.24) is 0 Å². The van der Waals surface area contributed by atoms with Gasteiger partial charge in [-0.3, -0.25) is 0 Å². The van der Waals surface area contributed by atoms with Crippen molar-refractivity contribution in [3.63, 3.8) is 0 Å². The van der Waals surface area contributed by atoms with Crippen molar-refractivity contribution in [2.24, 2.45) is 0 Å². The minimum Gasteiger partial charge on any atom is -0.419 e. The van der Waals surface area contributed by atoms with Gasteiger partial charge in [0.05, 0.1) is 5.69 Å². The van der Waals surface area contributed by atoms with Gasteiger partial charge < -0.3 is 14.8 Å². The molecule has 0 bridgehead atoms. The highest BCUT2D eigenvalue weighted by atomic mass is 79.9. The lowest BCUT2D eigenvalue weighted by atomic mass is 10.1. The van der Waals surface area contributed by atoms with Gasteiger partial charge in [-0.05, 0) is 25.1 Å². The lowest BCUT2D eigenvalue weighted by Crippen LogP contribution is -2.42. The Morgan fingerprint density at radius 1 is 1.24 bits per heavy atom. The maximum atomic E-state index is 13.7. The highest BCUT2D eigenvalue weighted by Crippen LogP contribution is 2.26. The van der Waals surface area contributed by atoms with Crippen LogP contribution in [0.4, 0.5) is 10.1 Å². The van der Waals surface area contributed by atoms with Gasteiger partial charge in [-0.2, -0.15) is 0 Å². The van der Waals surface area contributed by atoms with E-state index >= 15 is 0 Å². The van der Waals surface area contributed by atoms with Crippen LogP contribution in [-0.4, -0.2) is 17.7 Å². The van der Waals surface area contributed by atoms with Crippen molar-refractivity contribution in [3.8, 4) is 0 Å². The average Bonchev–Trinajstić information content (AvgIpc) is 2.30. The summed E-state index contributed by atoms with van der Waals surface area (Å²) in [6.07, 6.45) is 0. The quantitative estimate of drug-likeness (QED) is 0.500. The number of hydrogen-bond acceptors (Lipinski definition) is 5. The summed E-state index contributed by atoms with van der Waals surface area (Å²) in [7, 11) is 0. The third-order valence-corrected chi connectivity index (χ3v) is 3.21. The highest BCUT2D eigenvalue weighted by molar-refractivity contribution is 9.10. The van der Waals surface area contributed by atoms with Crippen LogP contribution in [0.2, 0.25) is 0 Å². The van der Waals surface area contributed by atoms with Gasteiger partial charge in [-0.25, -0.2) is 14.0 Å². The van der Waals surface area contributed by atoms with Gasteiger partial charge in [0, 0.05) is 24.0 Å². The molecule has 1 aromatic rings. The number of esters is 2. The first-order valence-electron chi connectivity index (χ1n) is 6.09. The Labute approximate surface area is 129 Å². The minimum absolute atomic E-state index is 0.133. The zero-order valence-corrected chi connectivity index (χ0v) is 13.2. The summed E-state index contributed by atoms with van der Waals surface area (Å²) in [5, 5.41) is 2.68. The number of benzene rings is 1. The fourth-order valence-electron chi connectivity index (χ4n) is 1.81. The number of hydrogen-bond donors (Lipinski definition) is 1. The Morgan fingerprint density at radius 3 is 2.33 bits per heavy atom. The first-order valence-corrected chi connectivity index (χ1v) is 6.88. The van der Waals surface area contributed by atoms with Crippen molar-refractivity contribution in [1.29, 1.82) is 0 Å². The first-order chi connectivity index (χ1) is 9.69. The van der Waals surface area contributed by atoms with Crippen molar-refractivity contribution < 1.29 is 23.5 Å². The van der Waals surface area contributed by atoms with Crippen LogP contribution in [-0.2, 0) is 19.1 Å². The van der Waals surface area contributed by atoms with Gasteiger partial charge >= 0.3 is 11.9 Å². The Kier molecular flexibility index (Phi) is 4.04. The fraction of sp³-hybridized carbons (Fsp3) is 0.286. The second-order valence-corrected chi connectivity index (χ2v) is 5.84. The van der Waals surface area contributed by atoms with E-state index in [0.29, 0.717) is 4.47 Å². The number of ether oxygens (including phenoxy) is 2. The van der Waals surface area contributed by atoms with E-state index in [-0.39, 0.29) is 17.0 Å². The average molecular weight is 358 g/mol. The van der Waals surface area contributed by atoms with Gasteiger partial charge in [-0.15, -0.1) is 0 Å². The monoisotopic (exact) mass is 357 g/mol. The number of nitrogens with one attached hydrogen (secondary N) is 1. The molecule has 1 aliphatic rings.